The van der Waals surface area contributed by atoms with E-state index in [4.69, 9.17) is 18.9 Å². The number of ether oxygens (including phenoxy) is 4. The predicted molar refractivity (Wildman–Crippen MR) is 118 cm³/mol. The van der Waals surface area contributed by atoms with Crippen LogP contribution in [0.2, 0.25) is 0 Å². The van der Waals surface area contributed by atoms with E-state index >= 15 is 0 Å². The van der Waals surface area contributed by atoms with Crippen LogP contribution >= 0.6 is 0 Å². The molecule has 1 fully saturated rings. The van der Waals surface area contributed by atoms with Gasteiger partial charge in [0.15, 0.2) is 18.1 Å². The molecule has 0 aromatic heterocycles. The number of benzene rings is 2. The Morgan fingerprint density at radius 2 is 1.78 bits per heavy atom. The minimum absolute atomic E-state index is 0.0142. The van der Waals surface area contributed by atoms with Crippen molar-refractivity contribution in [3.8, 4) is 17.2 Å². The van der Waals surface area contributed by atoms with Gasteiger partial charge in [0, 0.05) is 13.1 Å². The second-order valence-corrected chi connectivity index (χ2v) is 7.01. The summed E-state index contributed by atoms with van der Waals surface area (Å²) in [4.78, 5) is 26.0. The first-order valence-electron chi connectivity index (χ1n) is 10.2. The van der Waals surface area contributed by atoms with Gasteiger partial charge < -0.3 is 23.8 Å². The molecule has 32 heavy (non-hydrogen) atoms. The molecule has 0 unspecified atom stereocenters. The van der Waals surface area contributed by atoms with Crippen LogP contribution in [0.15, 0.2) is 47.6 Å². The van der Waals surface area contributed by atoms with Crippen molar-refractivity contribution in [3.63, 3.8) is 0 Å². The SMILES string of the molecule is COc1ccc(CC(=O)N/N=C\c2ccc(OCC(=O)N3CCOCC3)cc2)cc1OC. The van der Waals surface area contributed by atoms with Crippen LogP contribution in [0.3, 0.4) is 0 Å². The average Bonchev–Trinajstić information content (AvgIpc) is 2.83. The van der Waals surface area contributed by atoms with E-state index in [1.165, 1.54) is 6.21 Å². The molecule has 1 heterocycles. The zero-order chi connectivity index (χ0) is 22.8. The smallest absolute Gasteiger partial charge is 0.260 e. The van der Waals surface area contributed by atoms with Crippen LogP contribution < -0.4 is 19.6 Å². The van der Waals surface area contributed by atoms with E-state index in [1.807, 2.05) is 0 Å². The molecule has 0 spiro atoms. The van der Waals surface area contributed by atoms with Gasteiger partial charge >= 0.3 is 0 Å². The van der Waals surface area contributed by atoms with Crippen molar-refractivity contribution in [2.45, 2.75) is 6.42 Å². The van der Waals surface area contributed by atoms with Gasteiger partial charge in [-0.3, -0.25) is 9.59 Å². The number of nitrogens with zero attached hydrogens (tertiary/aromatic N) is 2. The van der Waals surface area contributed by atoms with Gasteiger partial charge in [0.2, 0.25) is 5.91 Å². The molecule has 2 aromatic carbocycles. The largest absolute Gasteiger partial charge is 0.493 e. The molecule has 0 radical (unpaired) electrons. The van der Waals surface area contributed by atoms with Crippen molar-refractivity contribution in [2.75, 3.05) is 47.1 Å². The number of morpholine rings is 1. The molecule has 1 N–H and O–H groups in total. The van der Waals surface area contributed by atoms with E-state index in [1.54, 1.807) is 61.6 Å². The third-order valence-corrected chi connectivity index (χ3v) is 4.82. The fourth-order valence-corrected chi connectivity index (χ4v) is 3.09. The number of nitrogens with one attached hydrogen (secondary N) is 1. The molecule has 0 atom stereocenters. The molecule has 0 bridgehead atoms. The van der Waals surface area contributed by atoms with Crippen molar-refractivity contribution in [3.05, 3.63) is 53.6 Å². The molecule has 1 saturated heterocycles. The maximum atomic E-state index is 12.1. The molecular formula is C23H27N3O6. The molecule has 2 amide bonds. The van der Waals surface area contributed by atoms with E-state index in [9.17, 15) is 9.59 Å². The Kier molecular flexibility index (Phi) is 8.44. The van der Waals surface area contributed by atoms with Crippen LogP contribution in [0.1, 0.15) is 11.1 Å². The van der Waals surface area contributed by atoms with E-state index in [0.717, 1.165) is 11.1 Å². The second-order valence-electron chi connectivity index (χ2n) is 7.01. The second kappa shape index (κ2) is 11.7. The Morgan fingerprint density at radius 1 is 1.06 bits per heavy atom. The van der Waals surface area contributed by atoms with E-state index in [2.05, 4.69) is 10.5 Å². The third kappa shape index (κ3) is 6.71. The number of carbonyl (C=O) groups is 2. The van der Waals surface area contributed by atoms with Crippen molar-refractivity contribution < 1.29 is 28.5 Å². The zero-order valence-corrected chi connectivity index (χ0v) is 18.2. The lowest BCUT2D eigenvalue weighted by molar-refractivity contribution is -0.137. The van der Waals surface area contributed by atoms with Gasteiger partial charge in [-0.15, -0.1) is 0 Å². The molecule has 170 valence electrons. The lowest BCUT2D eigenvalue weighted by Gasteiger charge is -2.26. The number of amides is 2. The molecule has 1 aliphatic heterocycles. The Balaban J connectivity index is 1.44. The number of carbonyl (C=O) groups excluding carboxylic acids is 2. The first-order valence-corrected chi connectivity index (χ1v) is 10.2. The zero-order valence-electron chi connectivity index (χ0n) is 18.2. The van der Waals surface area contributed by atoms with Crippen LogP contribution in [0, 0.1) is 0 Å². The summed E-state index contributed by atoms with van der Waals surface area (Å²) in [6.07, 6.45) is 1.69. The summed E-state index contributed by atoms with van der Waals surface area (Å²) in [5.41, 5.74) is 4.07. The van der Waals surface area contributed by atoms with Gasteiger partial charge in [-0.25, -0.2) is 5.43 Å². The lowest BCUT2D eigenvalue weighted by atomic mass is 10.1. The van der Waals surface area contributed by atoms with Gasteiger partial charge in [0.1, 0.15) is 5.75 Å². The van der Waals surface area contributed by atoms with Gasteiger partial charge in [0.25, 0.3) is 5.91 Å². The van der Waals surface area contributed by atoms with Crippen molar-refractivity contribution in [1.29, 1.82) is 0 Å². The summed E-state index contributed by atoms with van der Waals surface area (Å²) in [7, 11) is 3.10. The normalized spacial score (nSPS) is 13.6. The van der Waals surface area contributed by atoms with Crippen molar-refractivity contribution >= 4 is 18.0 Å². The maximum absolute atomic E-state index is 12.1. The first kappa shape index (κ1) is 23.1. The monoisotopic (exact) mass is 441 g/mol. The number of hydrazone groups is 1. The highest BCUT2D eigenvalue weighted by atomic mass is 16.5. The number of methoxy groups -OCH3 is 2. The summed E-state index contributed by atoms with van der Waals surface area (Å²) in [5.74, 6) is 1.44. The fourth-order valence-electron chi connectivity index (χ4n) is 3.09. The van der Waals surface area contributed by atoms with Gasteiger partial charge in [-0.1, -0.05) is 6.07 Å². The summed E-state index contributed by atoms with van der Waals surface area (Å²) in [6.45, 7) is 2.29. The average molecular weight is 441 g/mol. The van der Waals surface area contributed by atoms with Gasteiger partial charge in [-0.05, 0) is 47.5 Å². The Bertz CT molecular complexity index is 939. The van der Waals surface area contributed by atoms with Gasteiger partial charge in [-0.2, -0.15) is 5.10 Å². The summed E-state index contributed by atoms with van der Waals surface area (Å²) >= 11 is 0. The topological polar surface area (TPSA) is 98.7 Å². The summed E-state index contributed by atoms with van der Waals surface area (Å²) in [5, 5.41) is 3.99. The first-order chi connectivity index (χ1) is 15.6. The Labute approximate surface area is 186 Å². The molecule has 2 aromatic rings. The van der Waals surface area contributed by atoms with Crippen LogP contribution in [0.4, 0.5) is 0 Å². The maximum Gasteiger partial charge on any atom is 0.260 e. The minimum atomic E-state index is -0.255. The number of hydrogen-bond donors (Lipinski definition) is 1. The lowest BCUT2D eigenvalue weighted by Crippen LogP contribution is -2.42. The van der Waals surface area contributed by atoms with Crippen LogP contribution in [0.25, 0.3) is 0 Å². The number of hydrogen-bond acceptors (Lipinski definition) is 7. The van der Waals surface area contributed by atoms with Crippen LogP contribution in [-0.2, 0) is 20.7 Å². The van der Waals surface area contributed by atoms with E-state index in [-0.39, 0.29) is 24.8 Å². The standard InChI is InChI=1S/C23H27N3O6/c1-29-20-8-5-18(13-21(20)30-2)14-22(27)25-24-15-17-3-6-19(7-4-17)32-16-23(28)26-9-11-31-12-10-26/h3-8,13,15H,9-12,14,16H2,1-2H3,(H,25,27)/b24-15-. The van der Waals surface area contributed by atoms with Crippen LogP contribution in [0.5, 0.6) is 17.2 Å². The molecule has 9 heteroatoms. The van der Waals surface area contributed by atoms with E-state index in [0.29, 0.717) is 43.6 Å². The molecule has 1 aliphatic rings. The highest BCUT2D eigenvalue weighted by molar-refractivity contribution is 5.83. The number of rotatable bonds is 9. The molecule has 0 saturated carbocycles. The molecule has 9 nitrogen and oxygen atoms in total. The van der Waals surface area contributed by atoms with E-state index < -0.39 is 0 Å². The fraction of sp³-hybridized carbons (Fsp3) is 0.348. The Morgan fingerprint density at radius 3 is 2.47 bits per heavy atom. The molecular weight excluding hydrogens is 414 g/mol. The van der Waals surface area contributed by atoms with Gasteiger partial charge in [0.05, 0.1) is 40.1 Å². The minimum Gasteiger partial charge on any atom is -0.493 e. The third-order valence-electron chi connectivity index (χ3n) is 4.82. The summed E-state index contributed by atoms with van der Waals surface area (Å²) < 4.78 is 21.2. The Hall–Kier alpha value is -3.59. The van der Waals surface area contributed by atoms with Crippen molar-refractivity contribution in [1.82, 2.24) is 10.3 Å². The predicted octanol–water partition coefficient (Wildman–Crippen LogP) is 1.63. The van der Waals surface area contributed by atoms with Crippen molar-refractivity contribution in [2.24, 2.45) is 5.10 Å². The summed E-state index contributed by atoms with van der Waals surface area (Å²) in [6, 6.07) is 12.4. The molecule has 3 rings (SSSR count). The highest BCUT2D eigenvalue weighted by Crippen LogP contribution is 2.27. The van der Waals surface area contributed by atoms with Crippen LogP contribution in [-0.4, -0.2) is 70.1 Å². The molecule has 0 aliphatic carbocycles. The highest BCUT2D eigenvalue weighted by Gasteiger charge is 2.17. The quantitative estimate of drug-likeness (QED) is 0.469.